The molecular weight excluding hydrogens is 206 g/mol. The molecule has 0 atom stereocenters. The second-order valence-corrected chi connectivity index (χ2v) is 3.99. The fourth-order valence-electron chi connectivity index (χ4n) is 2.15. The lowest BCUT2D eigenvalue weighted by Gasteiger charge is -2.22. The van der Waals surface area contributed by atoms with Crippen LogP contribution in [0.4, 0.5) is 0 Å². The molecule has 0 radical (unpaired) electrons. The van der Waals surface area contributed by atoms with Gasteiger partial charge in [-0.15, -0.1) is 0 Å². The fourth-order valence-corrected chi connectivity index (χ4v) is 2.15. The summed E-state index contributed by atoms with van der Waals surface area (Å²) in [6.07, 6.45) is 1.48. The molecule has 2 heterocycles. The summed E-state index contributed by atoms with van der Waals surface area (Å²) in [5.74, 6) is 0.546. The third kappa shape index (κ3) is 1.07. The molecule has 3 rings (SSSR count). The predicted octanol–water partition coefficient (Wildman–Crippen LogP) is 1.41. The van der Waals surface area contributed by atoms with Gasteiger partial charge in [-0.25, -0.2) is 0 Å². The van der Waals surface area contributed by atoms with E-state index < -0.39 is 0 Å². The van der Waals surface area contributed by atoms with Gasteiger partial charge in [-0.3, -0.25) is 4.79 Å². The minimum Gasteiger partial charge on any atom is -0.503 e. The van der Waals surface area contributed by atoms with Crippen LogP contribution in [0.5, 0.6) is 11.5 Å². The Morgan fingerprint density at radius 2 is 2.25 bits per heavy atom. The lowest BCUT2D eigenvalue weighted by atomic mass is 10.1. The molecule has 0 spiro atoms. The molecule has 4 nitrogen and oxygen atoms in total. The Labute approximate surface area is 91.7 Å². The smallest absolute Gasteiger partial charge is 0.231 e. The first-order chi connectivity index (χ1) is 7.68. The Morgan fingerprint density at radius 1 is 1.44 bits per heavy atom. The van der Waals surface area contributed by atoms with Crippen LogP contribution in [0.15, 0.2) is 23.1 Å². The highest BCUT2D eigenvalue weighted by atomic mass is 16.5. The molecule has 1 aliphatic rings. The molecule has 2 aromatic rings. The number of ether oxygens (including phenoxy) is 1. The van der Waals surface area contributed by atoms with Crippen LogP contribution in [0.25, 0.3) is 10.9 Å². The topological polar surface area (TPSA) is 51.5 Å². The Kier molecular flexibility index (Phi) is 1.74. The number of aromatic hydroxyl groups is 1. The maximum absolute atomic E-state index is 11.8. The maximum atomic E-state index is 11.8. The molecule has 0 unspecified atom stereocenters. The minimum atomic E-state index is -0.335. The van der Waals surface area contributed by atoms with Crippen LogP contribution in [0.3, 0.4) is 0 Å². The standard InChI is InChI=1S/C12H11NO3/c1-7-2-3-8-10-12(7)16-5-4-13(10)6-9(14)11(8)15/h2-3,6,14H,4-5H2,1H3. The van der Waals surface area contributed by atoms with Gasteiger partial charge in [0.05, 0.1) is 23.6 Å². The molecule has 1 aromatic carbocycles. The average Bonchev–Trinajstić information content (AvgIpc) is 2.28. The SMILES string of the molecule is Cc1ccc2c(=O)c(O)cn3c2c1OCC3. The molecule has 0 saturated carbocycles. The van der Waals surface area contributed by atoms with Crippen LogP contribution in [-0.2, 0) is 6.54 Å². The molecule has 0 fully saturated rings. The van der Waals surface area contributed by atoms with Crippen molar-refractivity contribution < 1.29 is 9.84 Å². The van der Waals surface area contributed by atoms with E-state index >= 15 is 0 Å². The summed E-state index contributed by atoms with van der Waals surface area (Å²) in [5, 5.41) is 10.1. The average molecular weight is 217 g/mol. The monoisotopic (exact) mass is 217 g/mol. The number of aromatic nitrogens is 1. The highest BCUT2D eigenvalue weighted by Crippen LogP contribution is 2.31. The van der Waals surface area contributed by atoms with E-state index in [2.05, 4.69) is 0 Å². The molecular formula is C12H11NO3. The van der Waals surface area contributed by atoms with Gasteiger partial charge in [0.25, 0.3) is 0 Å². The molecule has 0 bridgehead atoms. The lowest BCUT2D eigenvalue weighted by molar-refractivity contribution is 0.283. The zero-order valence-electron chi connectivity index (χ0n) is 8.86. The van der Waals surface area contributed by atoms with E-state index in [0.29, 0.717) is 18.5 Å². The highest BCUT2D eigenvalue weighted by molar-refractivity contribution is 5.87. The number of rotatable bonds is 0. The summed E-state index contributed by atoms with van der Waals surface area (Å²) in [6.45, 7) is 3.16. The van der Waals surface area contributed by atoms with E-state index in [1.165, 1.54) is 6.20 Å². The number of aryl methyl sites for hydroxylation is 1. The molecule has 0 saturated heterocycles. The minimum absolute atomic E-state index is 0.204. The van der Waals surface area contributed by atoms with Gasteiger partial charge in [0.2, 0.25) is 5.43 Å². The predicted molar refractivity (Wildman–Crippen MR) is 60.1 cm³/mol. The number of hydrogen-bond acceptors (Lipinski definition) is 3. The molecule has 0 amide bonds. The quantitative estimate of drug-likeness (QED) is 0.725. The fraction of sp³-hybridized carbons (Fsp3) is 0.250. The van der Waals surface area contributed by atoms with Gasteiger partial charge in [0.15, 0.2) is 5.75 Å². The largest absolute Gasteiger partial charge is 0.503 e. The van der Waals surface area contributed by atoms with Gasteiger partial charge in [-0.1, -0.05) is 6.07 Å². The number of benzene rings is 1. The summed E-state index contributed by atoms with van der Waals surface area (Å²) < 4.78 is 7.45. The van der Waals surface area contributed by atoms with Crippen molar-refractivity contribution >= 4 is 10.9 Å². The number of pyridine rings is 1. The van der Waals surface area contributed by atoms with Gasteiger partial charge < -0.3 is 14.4 Å². The first kappa shape index (κ1) is 9.27. The first-order valence-corrected chi connectivity index (χ1v) is 5.17. The highest BCUT2D eigenvalue weighted by Gasteiger charge is 2.18. The van der Waals surface area contributed by atoms with E-state index in [-0.39, 0.29) is 11.2 Å². The summed E-state index contributed by atoms with van der Waals surface area (Å²) in [5.41, 5.74) is 1.46. The van der Waals surface area contributed by atoms with Crippen LogP contribution in [-0.4, -0.2) is 16.3 Å². The van der Waals surface area contributed by atoms with E-state index in [9.17, 15) is 9.90 Å². The molecule has 4 heteroatoms. The lowest BCUT2D eigenvalue weighted by Crippen LogP contribution is -2.19. The van der Waals surface area contributed by atoms with Crippen LogP contribution >= 0.6 is 0 Å². The van der Waals surface area contributed by atoms with Crippen molar-refractivity contribution in [3.8, 4) is 11.5 Å². The van der Waals surface area contributed by atoms with Crippen LogP contribution in [0, 0.1) is 6.92 Å². The van der Waals surface area contributed by atoms with Crippen molar-refractivity contribution in [3.05, 3.63) is 34.1 Å². The normalized spacial score (nSPS) is 13.8. The molecule has 1 N–H and O–H groups in total. The van der Waals surface area contributed by atoms with Crippen LogP contribution in [0.1, 0.15) is 5.56 Å². The Hall–Kier alpha value is -1.97. The molecule has 1 aliphatic heterocycles. The van der Waals surface area contributed by atoms with Gasteiger partial charge >= 0.3 is 0 Å². The molecule has 82 valence electrons. The van der Waals surface area contributed by atoms with Crippen molar-refractivity contribution in [3.63, 3.8) is 0 Å². The van der Waals surface area contributed by atoms with Crippen molar-refractivity contribution in [2.24, 2.45) is 0 Å². The van der Waals surface area contributed by atoms with Crippen molar-refractivity contribution in [1.29, 1.82) is 0 Å². The van der Waals surface area contributed by atoms with Gasteiger partial charge in [-0.05, 0) is 18.6 Å². The third-order valence-corrected chi connectivity index (χ3v) is 2.95. The maximum Gasteiger partial charge on any atom is 0.231 e. The van der Waals surface area contributed by atoms with E-state index in [1.54, 1.807) is 6.07 Å². The van der Waals surface area contributed by atoms with E-state index in [0.717, 1.165) is 16.8 Å². The Bertz CT molecular complexity index is 643. The summed E-state index contributed by atoms with van der Waals surface area (Å²) in [4.78, 5) is 11.8. The third-order valence-electron chi connectivity index (χ3n) is 2.95. The zero-order valence-corrected chi connectivity index (χ0v) is 8.86. The molecule has 0 aliphatic carbocycles. The molecule has 1 aromatic heterocycles. The van der Waals surface area contributed by atoms with Crippen LogP contribution < -0.4 is 10.2 Å². The van der Waals surface area contributed by atoms with Crippen molar-refractivity contribution in [2.45, 2.75) is 13.5 Å². The second-order valence-electron chi connectivity index (χ2n) is 3.99. The summed E-state index contributed by atoms with van der Waals surface area (Å²) in [6, 6.07) is 3.58. The summed E-state index contributed by atoms with van der Waals surface area (Å²) >= 11 is 0. The molecule has 16 heavy (non-hydrogen) atoms. The van der Waals surface area contributed by atoms with Gasteiger partial charge in [-0.2, -0.15) is 0 Å². The number of nitrogens with zero attached hydrogens (tertiary/aromatic N) is 1. The van der Waals surface area contributed by atoms with Crippen molar-refractivity contribution in [2.75, 3.05) is 6.61 Å². The summed E-state index contributed by atoms with van der Waals surface area (Å²) in [7, 11) is 0. The Balaban J connectivity index is 2.58. The zero-order chi connectivity index (χ0) is 11.3. The van der Waals surface area contributed by atoms with Gasteiger partial charge in [0, 0.05) is 0 Å². The van der Waals surface area contributed by atoms with Crippen molar-refractivity contribution in [1.82, 2.24) is 4.57 Å². The van der Waals surface area contributed by atoms with Gasteiger partial charge in [0.1, 0.15) is 12.4 Å². The second kappa shape index (κ2) is 3.01. The first-order valence-electron chi connectivity index (χ1n) is 5.17. The van der Waals surface area contributed by atoms with Crippen LogP contribution in [0.2, 0.25) is 0 Å². The Morgan fingerprint density at radius 3 is 3.06 bits per heavy atom. The van der Waals surface area contributed by atoms with E-state index in [4.69, 9.17) is 4.74 Å². The number of hydrogen-bond donors (Lipinski definition) is 1. The van der Waals surface area contributed by atoms with E-state index in [1.807, 2.05) is 17.6 Å².